The van der Waals surface area contributed by atoms with Gasteiger partial charge in [-0.15, -0.1) is 0 Å². The van der Waals surface area contributed by atoms with Crippen molar-refractivity contribution in [3.63, 3.8) is 0 Å². The number of nitrogens with zero attached hydrogens (tertiary/aromatic N) is 4. The first kappa shape index (κ1) is 11.5. The molecule has 1 aliphatic heterocycles. The number of likely N-dealkylation sites (tertiary alicyclic amines) is 1. The average molecular weight is 245 g/mol. The van der Waals surface area contributed by atoms with Crippen molar-refractivity contribution in [1.29, 1.82) is 0 Å². The largest absolute Gasteiger partial charge is 0.397 e. The summed E-state index contributed by atoms with van der Waals surface area (Å²) in [6, 6.07) is 4.38. The van der Waals surface area contributed by atoms with E-state index in [9.17, 15) is 0 Å². The van der Waals surface area contributed by atoms with Crippen LogP contribution in [0.4, 0.5) is 5.69 Å². The Bertz CT molecular complexity index is 547. The summed E-state index contributed by atoms with van der Waals surface area (Å²) in [5.74, 6) is 0.922. The Kier molecular flexibility index (Phi) is 2.91. The molecule has 0 aromatic carbocycles. The number of hydrogen-bond donors (Lipinski definition) is 1. The first-order valence-corrected chi connectivity index (χ1v) is 6.61. The molecule has 0 radical (unpaired) electrons. The minimum absolute atomic E-state index is 0.602. The predicted molar refractivity (Wildman–Crippen MR) is 71.4 cm³/mol. The second-order valence-corrected chi connectivity index (χ2v) is 4.92. The molecule has 1 atom stereocenters. The van der Waals surface area contributed by atoms with Gasteiger partial charge < -0.3 is 10.6 Å². The summed E-state index contributed by atoms with van der Waals surface area (Å²) < 4.78 is 1.77. The monoisotopic (exact) mass is 245 g/mol. The molecule has 0 spiro atoms. The fourth-order valence-electron chi connectivity index (χ4n) is 2.78. The van der Waals surface area contributed by atoms with Crippen LogP contribution in [0.3, 0.4) is 0 Å². The third kappa shape index (κ3) is 2.06. The van der Waals surface area contributed by atoms with E-state index in [-0.39, 0.29) is 0 Å². The maximum atomic E-state index is 5.74. The first-order valence-electron chi connectivity index (χ1n) is 6.61. The zero-order valence-corrected chi connectivity index (χ0v) is 10.7. The normalized spacial score (nSPS) is 20.8. The SMILES string of the molecule is CCN1CCCC1Cc1nc2ccc(N)cn2n1. The molecule has 3 rings (SSSR count). The predicted octanol–water partition coefficient (Wildman–Crippen LogP) is 1.34. The van der Waals surface area contributed by atoms with Crippen LogP contribution in [-0.2, 0) is 6.42 Å². The van der Waals surface area contributed by atoms with Crippen molar-refractivity contribution < 1.29 is 0 Å². The maximum Gasteiger partial charge on any atom is 0.155 e. The van der Waals surface area contributed by atoms with Gasteiger partial charge in [0.15, 0.2) is 11.5 Å². The van der Waals surface area contributed by atoms with Gasteiger partial charge in [0.1, 0.15) is 0 Å². The fourth-order valence-corrected chi connectivity index (χ4v) is 2.78. The molecule has 1 fully saturated rings. The van der Waals surface area contributed by atoms with E-state index in [2.05, 4.69) is 21.9 Å². The first-order chi connectivity index (χ1) is 8.76. The highest BCUT2D eigenvalue weighted by Gasteiger charge is 2.24. The van der Waals surface area contributed by atoms with Crippen molar-refractivity contribution in [2.45, 2.75) is 32.2 Å². The van der Waals surface area contributed by atoms with Gasteiger partial charge in [0.2, 0.25) is 0 Å². The molecule has 5 nitrogen and oxygen atoms in total. The summed E-state index contributed by atoms with van der Waals surface area (Å²) in [6.45, 7) is 4.54. The molecule has 1 saturated heterocycles. The van der Waals surface area contributed by atoms with Gasteiger partial charge in [-0.3, -0.25) is 0 Å². The van der Waals surface area contributed by atoms with E-state index >= 15 is 0 Å². The summed E-state index contributed by atoms with van der Waals surface area (Å²) in [5.41, 5.74) is 7.34. The van der Waals surface area contributed by atoms with E-state index in [1.165, 1.54) is 19.4 Å². The Labute approximate surface area is 107 Å². The molecule has 0 bridgehead atoms. The number of hydrogen-bond acceptors (Lipinski definition) is 4. The Morgan fingerprint density at radius 2 is 2.33 bits per heavy atom. The molecule has 0 amide bonds. The van der Waals surface area contributed by atoms with Gasteiger partial charge >= 0.3 is 0 Å². The van der Waals surface area contributed by atoms with E-state index in [1.54, 1.807) is 4.52 Å². The highest BCUT2D eigenvalue weighted by Crippen LogP contribution is 2.19. The van der Waals surface area contributed by atoms with Gasteiger partial charge in [0.05, 0.1) is 11.9 Å². The van der Waals surface area contributed by atoms with Crippen molar-refractivity contribution in [1.82, 2.24) is 19.5 Å². The van der Waals surface area contributed by atoms with Crippen LogP contribution in [0.5, 0.6) is 0 Å². The molecule has 2 aromatic rings. The number of pyridine rings is 1. The quantitative estimate of drug-likeness (QED) is 0.886. The lowest BCUT2D eigenvalue weighted by Gasteiger charge is -2.21. The topological polar surface area (TPSA) is 59.5 Å². The Hall–Kier alpha value is -1.62. The van der Waals surface area contributed by atoms with Crippen LogP contribution in [0.15, 0.2) is 18.3 Å². The van der Waals surface area contributed by atoms with Crippen molar-refractivity contribution in [3.8, 4) is 0 Å². The number of likely N-dealkylation sites (N-methyl/N-ethyl adjacent to an activating group) is 1. The van der Waals surface area contributed by atoms with Crippen LogP contribution in [0.1, 0.15) is 25.6 Å². The van der Waals surface area contributed by atoms with Gasteiger partial charge in [-0.25, -0.2) is 9.50 Å². The number of aromatic nitrogens is 3. The standard InChI is InChI=1S/C13H19N5/c1-2-17-7-3-4-11(17)8-12-15-13-6-5-10(14)9-18(13)16-12/h5-6,9,11H,2-4,7-8,14H2,1H3. The van der Waals surface area contributed by atoms with Crippen LogP contribution in [0, 0.1) is 0 Å². The minimum atomic E-state index is 0.602. The molecule has 1 unspecified atom stereocenters. The molecule has 0 aliphatic carbocycles. The molecule has 0 saturated carbocycles. The molecule has 1 aliphatic rings. The van der Waals surface area contributed by atoms with Gasteiger partial charge in [-0.05, 0) is 38.1 Å². The number of nitrogens with two attached hydrogens (primary N) is 1. The molecule has 5 heteroatoms. The highest BCUT2D eigenvalue weighted by atomic mass is 15.3. The summed E-state index contributed by atoms with van der Waals surface area (Å²) in [7, 11) is 0. The third-order valence-electron chi connectivity index (χ3n) is 3.72. The Morgan fingerprint density at radius 1 is 1.44 bits per heavy atom. The number of nitrogen functional groups attached to an aromatic ring is 1. The lowest BCUT2D eigenvalue weighted by Crippen LogP contribution is -2.31. The van der Waals surface area contributed by atoms with E-state index in [0.29, 0.717) is 6.04 Å². The Balaban J connectivity index is 1.82. The smallest absolute Gasteiger partial charge is 0.155 e. The summed E-state index contributed by atoms with van der Waals surface area (Å²) in [5, 5.41) is 4.50. The van der Waals surface area contributed by atoms with Crippen LogP contribution in [-0.4, -0.2) is 38.6 Å². The summed E-state index contributed by atoms with van der Waals surface area (Å²) >= 11 is 0. The molecular weight excluding hydrogens is 226 g/mol. The van der Waals surface area contributed by atoms with Crippen LogP contribution in [0.25, 0.3) is 5.65 Å². The lowest BCUT2D eigenvalue weighted by atomic mass is 10.1. The zero-order chi connectivity index (χ0) is 12.5. The maximum absolute atomic E-state index is 5.74. The third-order valence-corrected chi connectivity index (χ3v) is 3.72. The minimum Gasteiger partial charge on any atom is -0.397 e. The molecule has 2 N–H and O–H groups in total. The zero-order valence-electron chi connectivity index (χ0n) is 10.7. The number of fused-ring (bicyclic) bond motifs is 1. The number of rotatable bonds is 3. The van der Waals surface area contributed by atoms with Gasteiger partial charge in [0, 0.05) is 12.5 Å². The van der Waals surface area contributed by atoms with Crippen LogP contribution in [0.2, 0.25) is 0 Å². The van der Waals surface area contributed by atoms with Crippen LogP contribution >= 0.6 is 0 Å². The Morgan fingerprint density at radius 3 is 3.17 bits per heavy atom. The lowest BCUT2D eigenvalue weighted by molar-refractivity contribution is 0.263. The molecular formula is C13H19N5. The van der Waals surface area contributed by atoms with E-state index < -0.39 is 0 Å². The number of anilines is 1. The van der Waals surface area contributed by atoms with Crippen molar-refractivity contribution in [2.75, 3.05) is 18.8 Å². The molecule has 96 valence electrons. The van der Waals surface area contributed by atoms with Crippen molar-refractivity contribution in [2.24, 2.45) is 0 Å². The van der Waals surface area contributed by atoms with Gasteiger partial charge in [0.25, 0.3) is 0 Å². The average Bonchev–Trinajstić information content (AvgIpc) is 2.94. The van der Waals surface area contributed by atoms with Crippen molar-refractivity contribution >= 4 is 11.3 Å². The molecule has 3 heterocycles. The van der Waals surface area contributed by atoms with Crippen LogP contribution < -0.4 is 5.73 Å². The van der Waals surface area contributed by atoms with Gasteiger partial charge in [-0.2, -0.15) is 5.10 Å². The second-order valence-electron chi connectivity index (χ2n) is 4.92. The summed E-state index contributed by atoms with van der Waals surface area (Å²) in [4.78, 5) is 7.07. The summed E-state index contributed by atoms with van der Waals surface area (Å²) in [6.07, 6.45) is 5.30. The van der Waals surface area contributed by atoms with Gasteiger partial charge in [-0.1, -0.05) is 6.92 Å². The van der Waals surface area contributed by atoms with E-state index in [4.69, 9.17) is 5.73 Å². The second kappa shape index (κ2) is 4.57. The van der Waals surface area contributed by atoms with Crippen molar-refractivity contribution in [3.05, 3.63) is 24.2 Å². The fraction of sp³-hybridized carbons (Fsp3) is 0.538. The molecule has 18 heavy (non-hydrogen) atoms. The van der Waals surface area contributed by atoms with E-state index in [0.717, 1.165) is 30.1 Å². The molecule has 2 aromatic heterocycles. The van der Waals surface area contributed by atoms with E-state index in [1.807, 2.05) is 18.3 Å². The highest BCUT2D eigenvalue weighted by molar-refractivity contribution is 5.46.